The van der Waals surface area contributed by atoms with Crippen LogP contribution in [0.2, 0.25) is 4.34 Å². The Morgan fingerprint density at radius 1 is 1.27 bits per heavy atom. The molecule has 0 aliphatic heterocycles. The van der Waals surface area contributed by atoms with E-state index in [1.54, 1.807) is 0 Å². The fraction of sp³-hybridized carbons (Fsp3) is 0.0909. The van der Waals surface area contributed by atoms with E-state index in [-0.39, 0.29) is 6.04 Å². The molecule has 0 saturated carbocycles. The quantitative estimate of drug-likeness (QED) is 0.813. The van der Waals surface area contributed by atoms with Gasteiger partial charge in [0.05, 0.1) is 10.4 Å². The molecule has 2 rings (SSSR count). The van der Waals surface area contributed by atoms with Gasteiger partial charge in [0.1, 0.15) is 0 Å². The molecular formula is C11H9ClINS. The van der Waals surface area contributed by atoms with Gasteiger partial charge in [-0.05, 0) is 52.4 Å². The van der Waals surface area contributed by atoms with Gasteiger partial charge in [0.2, 0.25) is 0 Å². The van der Waals surface area contributed by atoms with E-state index >= 15 is 0 Å². The lowest BCUT2D eigenvalue weighted by Crippen LogP contribution is -2.10. The Morgan fingerprint density at radius 3 is 2.67 bits per heavy atom. The van der Waals surface area contributed by atoms with Crippen LogP contribution in [0, 0.1) is 3.57 Å². The van der Waals surface area contributed by atoms with Crippen molar-refractivity contribution in [3.63, 3.8) is 0 Å². The van der Waals surface area contributed by atoms with Crippen molar-refractivity contribution in [3.8, 4) is 0 Å². The Morgan fingerprint density at radius 2 is 2.07 bits per heavy atom. The molecule has 1 aromatic carbocycles. The smallest absolute Gasteiger partial charge is 0.0931 e. The number of halogens is 2. The van der Waals surface area contributed by atoms with Gasteiger partial charge in [-0.25, -0.2) is 0 Å². The Kier molecular flexibility index (Phi) is 3.66. The first-order valence-electron chi connectivity index (χ1n) is 4.43. The molecule has 1 heterocycles. The zero-order valence-corrected chi connectivity index (χ0v) is 11.5. The zero-order chi connectivity index (χ0) is 10.8. The average molecular weight is 350 g/mol. The van der Waals surface area contributed by atoms with Gasteiger partial charge in [-0.15, -0.1) is 11.3 Å². The van der Waals surface area contributed by atoms with Crippen LogP contribution in [0.3, 0.4) is 0 Å². The number of rotatable bonds is 2. The molecule has 1 aromatic heterocycles. The lowest BCUT2D eigenvalue weighted by Gasteiger charge is -2.09. The van der Waals surface area contributed by atoms with Crippen molar-refractivity contribution in [1.29, 1.82) is 0 Å². The SMILES string of the molecule is NC(c1cccc(I)c1)c1ccc(Cl)s1. The van der Waals surface area contributed by atoms with Crippen LogP contribution in [0.25, 0.3) is 0 Å². The van der Waals surface area contributed by atoms with Crippen molar-refractivity contribution >= 4 is 45.5 Å². The zero-order valence-electron chi connectivity index (χ0n) is 7.78. The summed E-state index contributed by atoms with van der Waals surface area (Å²) in [6, 6.07) is 12.0. The summed E-state index contributed by atoms with van der Waals surface area (Å²) in [5, 5.41) is 0. The number of thiophene rings is 1. The largest absolute Gasteiger partial charge is 0.320 e. The molecule has 4 heteroatoms. The van der Waals surface area contributed by atoms with Gasteiger partial charge in [-0.1, -0.05) is 23.7 Å². The molecule has 0 amide bonds. The van der Waals surface area contributed by atoms with E-state index in [2.05, 4.69) is 34.7 Å². The maximum Gasteiger partial charge on any atom is 0.0931 e. The molecule has 2 N–H and O–H groups in total. The molecular weight excluding hydrogens is 341 g/mol. The molecule has 0 bridgehead atoms. The summed E-state index contributed by atoms with van der Waals surface area (Å²) in [5.41, 5.74) is 7.27. The highest BCUT2D eigenvalue weighted by molar-refractivity contribution is 14.1. The summed E-state index contributed by atoms with van der Waals surface area (Å²) in [7, 11) is 0. The third-order valence-electron chi connectivity index (χ3n) is 2.11. The second kappa shape index (κ2) is 4.82. The highest BCUT2D eigenvalue weighted by atomic mass is 127. The molecule has 0 aliphatic rings. The van der Waals surface area contributed by atoms with Crippen LogP contribution in [0.4, 0.5) is 0 Å². The third-order valence-corrected chi connectivity index (χ3v) is 4.09. The molecule has 0 saturated heterocycles. The second-order valence-electron chi connectivity index (χ2n) is 3.17. The van der Waals surface area contributed by atoms with E-state index in [1.807, 2.05) is 24.3 Å². The van der Waals surface area contributed by atoms with Crippen molar-refractivity contribution < 1.29 is 0 Å². The lowest BCUT2D eigenvalue weighted by molar-refractivity contribution is 0.892. The normalized spacial score (nSPS) is 12.7. The van der Waals surface area contributed by atoms with E-state index in [1.165, 1.54) is 14.9 Å². The molecule has 2 aromatic rings. The maximum atomic E-state index is 6.15. The monoisotopic (exact) mass is 349 g/mol. The predicted octanol–water partition coefficient (Wildman–Crippen LogP) is 4.05. The lowest BCUT2D eigenvalue weighted by atomic mass is 10.1. The van der Waals surface area contributed by atoms with Crippen LogP contribution in [0.1, 0.15) is 16.5 Å². The first-order chi connectivity index (χ1) is 7.16. The van der Waals surface area contributed by atoms with Crippen molar-refractivity contribution in [2.24, 2.45) is 5.73 Å². The fourth-order valence-corrected chi connectivity index (χ4v) is 3.02. The first-order valence-corrected chi connectivity index (χ1v) is 6.70. The molecule has 0 fully saturated rings. The Labute approximate surface area is 111 Å². The van der Waals surface area contributed by atoms with Crippen LogP contribution in [-0.4, -0.2) is 0 Å². The van der Waals surface area contributed by atoms with Gasteiger partial charge in [0, 0.05) is 8.45 Å². The molecule has 1 unspecified atom stereocenters. The van der Waals surface area contributed by atoms with Gasteiger partial charge in [0.25, 0.3) is 0 Å². The summed E-state index contributed by atoms with van der Waals surface area (Å²) in [6.45, 7) is 0. The summed E-state index contributed by atoms with van der Waals surface area (Å²) >= 11 is 9.70. The minimum Gasteiger partial charge on any atom is -0.320 e. The fourth-order valence-electron chi connectivity index (χ4n) is 1.36. The van der Waals surface area contributed by atoms with Crippen molar-refractivity contribution in [3.05, 3.63) is 54.7 Å². The van der Waals surface area contributed by atoms with Crippen molar-refractivity contribution in [2.75, 3.05) is 0 Å². The number of hydrogen-bond donors (Lipinski definition) is 1. The highest BCUT2D eigenvalue weighted by Gasteiger charge is 2.11. The average Bonchev–Trinajstić information content (AvgIpc) is 2.64. The van der Waals surface area contributed by atoms with E-state index in [0.29, 0.717) is 0 Å². The van der Waals surface area contributed by atoms with E-state index in [4.69, 9.17) is 17.3 Å². The topological polar surface area (TPSA) is 26.0 Å². The van der Waals surface area contributed by atoms with Crippen LogP contribution in [0.5, 0.6) is 0 Å². The molecule has 78 valence electrons. The number of nitrogens with two attached hydrogens (primary N) is 1. The molecule has 1 nitrogen and oxygen atoms in total. The first kappa shape index (κ1) is 11.4. The summed E-state index contributed by atoms with van der Waals surface area (Å²) in [4.78, 5) is 1.10. The van der Waals surface area contributed by atoms with Crippen molar-refractivity contribution in [2.45, 2.75) is 6.04 Å². The molecule has 15 heavy (non-hydrogen) atoms. The Hall–Kier alpha value is -0.100. The summed E-state index contributed by atoms with van der Waals surface area (Å²) in [6.07, 6.45) is 0. The van der Waals surface area contributed by atoms with Crippen LogP contribution in [0.15, 0.2) is 36.4 Å². The third kappa shape index (κ3) is 2.72. The van der Waals surface area contributed by atoms with Gasteiger partial charge < -0.3 is 5.73 Å². The number of benzene rings is 1. The minimum atomic E-state index is -0.0720. The van der Waals surface area contributed by atoms with E-state index in [0.717, 1.165) is 14.8 Å². The van der Waals surface area contributed by atoms with Crippen molar-refractivity contribution in [1.82, 2.24) is 0 Å². The molecule has 0 radical (unpaired) electrons. The predicted molar refractivity (Wildman–Crippen MR) is 74.5 cm³/mol. The standard InChI is InChI=1S/C11H9ClINS/c12-10-5-4-9(15-10)11(14)7-2-1-3-8(13)6-7/h1-6,11H,14H2. The summed E-state index contributed by atoms with van der Waals surface area (Å²) < 4.78 is 1.98. The van der Waals surface area contributed by atoms with E-state index < -0.39 is 0 Å². The van der Waals surface area contributed by atoms with Gasteiger partial charge in [0.15, 0.2) is 0 Å². The Bertz CT molecular complexity index is 469. The summed E-state index contributed by atoms with van der Waals surface area (Å²) in [5.74, 6) is 0. The van der Waals surface area contributed by atoms with Gasteiger partial charge >= 0.3 is 0 Å². The number of hydrogen-bond acceptors (Lipinski definition) is 2. The molecule has 0 aliphatic carbocycles. The van der Waals surface area contributed by atoms with Gasteiger partial charge in [-0.3, -0.25) is 0 Å². The minimum absolute atomic E-state index is 0.0720. The van der Waals surface area contributed by atoms with Crippen LogP contribution >= 0.6 is 45.5 Å². The highest BCUT2D eigenvalue weighted by Crippen LogP contribution is 2.29. The molecule has 1 atom stereocenters. The van der Waals surface area contributed by atoms with E-state index in [9.17, 15) is 0 Å². The van der Waals surface area contributed by atoms with Crippen LogP contribution < -0.4 is 5.73 Å². The Balaban J connectivity index is 2.32. The maximum absolute atomic E-state index is 6.15. The second-order valence-corrected chi connectivity index (χ2v) is 6.17. The molecule has 0 spiro atoms. The van der Waals surface area contributed by atoms with Crippen LogP contribution in [-0.2, 0) is 0 Å². The van der Waals surface area contributed by atoms with Gasteiger partial charge in [-0.2, -0.15) is 0 Å².